The summed E-state index contributed by atoms with van der Waals surface area (Å²) >= 11 is 1.27. The van der Waals surface area contributed by atoms with Gasteiger partial charge in [0.05, 0.1) is 17.2 Å². The molecule has 0 bridgehead atoms. The third-order valence-electron chi connectivity index (χ3n) is 4.62. The lowest BCUT2D eigenvalue weighted by molar-refractivity contribution is -0.118. The number of ether oxygens (including phenoxy) is 2. The second-order valence-corrected chi connectivity index (χ2v) is 8.19. The first-order chi connectivity index (χ1) is 16.6. The van der Waals surface area contributed by atoms with Crippen LogP contribution in [-0.2, 0) is 9.59 Å². The summed E-state index contributed by atoms with van der Waals surface area (Å²) in [5.74, 6) is 0.452. The number of benzene rings is 3. The molecule has 2 N–H and O–H groups in total. The van der Waals surface area contributed by atoms with Crippen LogP contribution in [0.25, 0.3) is 6.08 Å². The molecule has 1 aliphatic heterocycles. The lowest BCUT2D eigenvalue weighted by Crippen LogP contribution is -2.20. The van der Waals surface area contributed by atoms with E-state index < -0.39 is 0 Å². The minimum Gasteiger partial charge on any atom is -0.490 e. The molecule has 1 fully saturated rings. The SMILES string of the molecule is CCOc1cc(/C=C2\SC(=Nc3ccccc3)NC2=O)ccc1OCC(=O)Nc1ccccc1. The Balaban J connectivity index is 1.44. The molecule has 0 atom stereocenters. The van der Waals surface area contributed by atoms with E-state index >= 15 is 0 Å². The van der Waals surface area contributed by atoms with Crippen molar-refractivity contribution in [2.24, 2.45) is 4.99 Å². The van der Waals surface area contributed by atoms with Gasteiger partial charge in [-0.05, 0) is 66.7 Å². The second-order valence-electron chi connectivity index (χ2n) is 7.16. The van der Waals surface area contributed by atoms with Crippen LogP contribution in [0, 0.1) is 0 Å². The van der Waals surface area contributed by atoms with Crippen LogP contribution in [0.4, 0.5) is 11.4 Å². The van der Waals surface area contributed by atoms with E-state index in [1.807, 2.05) is 55.5 Å². The average molecular weight is 474 g/mol. The fourth-order valence-electron chi connectivity index (χ4n) is 3.12. The molecule has 172 valence electrons. The van der Waals surface area contributed by atoms with Crippen LogP contribution < -0.4 is 20.1 Å². The molecule has 3 aromatic rings. The van der Waals surface area contributed by atoms with Crippen molar-refractivity contribution in [3.63, 3.8) is 0 Å². The molecule has 4 rings (SSSR count). The predicted molar refractivity (Wildman–Crippen MR) is 135 cm³/mol. The van der Waals surface area contributed by atoms with E-state index in [1.165, 1.54) is 11.8 Å². The van der Waals surface area contributed by atoms with Crippen LogP contribution in [0.1, 0.15) is 12.5 Å². The van der Waals surface area contributed by atoms with Gasteiger partial charge in [-0.15, -0.1) is 0 Å². The Bertz CT molecular complexity index is 1230. The third-order valence-corrected chi connectivity index (χ3v) is 5.53. The van der Waals surface area contributed by atoms with Gasteiger partial charge in [0, 0.05) is 5.69 Å². The van der Waals surface area contributed by atoms with E-state index in [9.17, 15) is 9.59 Å². The maximum Gasteiger partial charge on any atom is 0.264 e. The average Bonchev–Trinajstić information content (AvgIpc) is 3.18. The van der Waals surface area contributed by atoms with Gasteiger partial charge in [-0.25, -0.2) is 4.99 Å². The molecular weight excluding hydrogens is 450 g/mol. The van der Waals surface area contributed by atoms with Gasteiger partial charge in [-0.1, -0.05) is 42.5 Å². The molecule has 0 aliphatic carbocycles. The van der Waals surface area contributed by atoms with Crippen LogP contribution in [0.2, 0.25) is 0 Å². The molecule has 1 aliphatic rings. The highest BCUT2D eigenvalue weighted by atomic mass is 32.2. The summed E-state index contributed by atoms with van der Waals surface area (Å²) in [5, 5.41) is 6.08. The van der Waals surface area contributed by atoms with E-state index in [0.717, 1.165) is 11.3 Å². The highest BCUT2D eigenvalue weighted by Crippen LogP contribution is 2.32. The van der Waals surface area contributed by atoms with Crippen molar-refractivity contribution >= 4 is 46.2 Å². The van der Waals surface area contributed by atoms with Crippen molar-refractivity contribution in [2.45, 2.75) is 6.92 Å². The zero-order valence-electron chi connectivity index (χ0n) is 18.5. The van der Waals surface area contributed by atoms with Crippen molar-refractivity contribution in [2.75, 3.05) is 18.5 Å². The first-order valence-electron chi connectivity index (χ1n) is 10.7. The van der Waals surface area contributed by atoms with Crippen LogP contribution in [-0.4, -0.2) is 30.2 Å². The topological polar surface area (TPSA) is 89.0 Å². The van der Waals surface area contributed by atoms with Crippen molar-refractivity contribution in [1.29, 1.82) is 0 Å². The Kier molecular flexibility index (Phi) is 7.62. The summed E-state index contributed by atoms with van der Waals surface area (Å²) in [5.41, 5.74) is 2.23. The molecule has 34 heavy (non-hydrogen) atoms. The van der Waals surface area contributed by atoms with E-state index in [0.29, 0.717) is 33.9 Å². The number of aliphatic imine (C=N–C) groups is 1. The highest BCUT2D eigenvalue weighted by Gasteiger charge is 2.24. The molecule has 3 aromatic carbocycles. The number of nitrogens with zero attached hydrogens (tertiary/aromatic N) is 1. The number of carbonyl (C=O) groups is 2. The van der Waals surface area contributed by atoms with Gasteiger partial charge in [0.25, 0.3) is 11.8 Å². The maximum absolute atomic E-state index is 12.4. The number of nitrogens with one attached hydrogen (secondary N) is 2. The van der Waals surface area contributed by atoms with Crippen molar-refractivity contribution in [3.05, 3.63) is 89.3 Å². The smallest absolute Gasteiger partial charge is 0.264 e. The van der Waals surface area contributed by atoms with E-state index in [2.05, 4.69) is 15.6 Å². The number of anilines is 1. The minimum absolute atomic E-state index is 0.160. The summed E-state index contributed by atoms with van der Waals surface area (Å²) in [4.78, 5) is 29.6. The fourth-order valence-corrected chi connectivity index (χ4v) is 3.96. The standard InChI is InChI=1S/C26H23N3O4S/c1-2-32-22-15-18(13-14-21(22)33-17-24(30)27-19-9-5-3-6-10-19)16-23-25(31)29-26(34-23)28-20-11-7-4-8-12-20/h3-16H,2,17H2,1H3,(H,27,30)(H,28,29,31)/b23-16-. The number of hydrogen-bond donors (Lipinski definition) is 2. The second kappa shape index (κ2) is 11.2. The summed E-state index contributed by atoms with van der Waals surface area (Å²) in [7, 11) is 0. The van der Waals surface area contributed by atoms with Crippen molar-refractivity contribution < 1.29 is 19.1 Å². The zero-order valence-corrected chi connectivity index (χ0v) is 19.3. The Morgan fingerprint density at radius 1 is 1.00 bits per heavy atom. The highest BCUT2D eigenvalue weighted by molar-refractivity contribution is 8.18. The number of hydrogen-bond acceptors (Lipinski definition) is 6. The zero-order chi connectivity index (χ0) is 23.8. The van der Waals surface area contributed by atoms with Gasteiger partial charge in [-0.2, -0.15) is 0 Å². The minimum atomic E-state index is -0.274. The van der Waals surface area contributed by atoms with Crippen LogP contribution in [0.5, 0.6) is 11.5 Å². The number of rotatable bonds is 8. The first kappa shape index (κ1) is 23.1. The molecular formula is C26H23N3O4S. The number of amides is 2. The van der Waals surface area contributed by atoms with Crippen LogP contribution >= 0.6 is 11.8 Å². The quantitative estimate of drug-likeness (QED) is 0.450. The van der Waals surface area contributed by atoms with Gasteiger partial charge < -0.3 is 20.1 Å². The van der Waals surface area contributed by atoms with Gasteiger partial charge in [-0.3, -0.25) is 9.59 Å². The Labute approximate surface area is 201 Å². The summed E-state index contributed by atoms with van der Waals surface area (Å²) in [6.07, 6.45) is 1.77. The number of thioether (sulfide) groups is 1. The molecule has 2 amide bonds. The largest absolute Gasteiger partial charge is 0.490 e. The Morgan fingerprint density at radius 2 is 1.74 bits per heavy atom. The lowest BCUT2D eigenvalue weighted by Gasteiger charge is -2.13. The predicted octanol–water partition coefficient (Wildman–Crippen LogP) is 4.99. The van der Waals surface area contributed by atoms with Gasteiger partial charge >= 0.3 is 0 Å². The third kappa shape index (κ3) is 6.26. The van der Waals surface area contributed by atoms with E-state index in [4.69, 9.17) is 9.47 Å². The fraction of sp³-hybridized carbons (Fsp3) is 0.115. The van der Waals surface area contributed by atoms with Gasteiger partial charge in [0.15, 0.2) is 23.3 Å². The molecule has 0 radical (unpaired) electrons. The van der Waals surface area contributed by atoms with E-state index in [1.54, 1.807) is 36.4 Å². The Morgan fingerprint density at radius 3 is 2.47 bits per heavy atom. The maximum atomic E-state index is 12.4. The molecule has 1 saturated heterocycles. The molecule has 8 heteroatoms. The van der Waals surface area contributed by atoms with Crippen LogP contribution in [0.15, 0.2) is 88.8 Å². The van der Waals surface area contributed by atoms with E-state index in [-0.39, 0.29) is 18.4 Å². The molecule has 7 nitrogen and oxygen atoms in total. The van der Waals surface area contributed by atoms with Crippen molar-refractivity contribution in [3.8, 4) is 11.5 Å². The molecule has 0 unspecified atom stereocenters. The summed E-state index contributed by atoms with van der Waals surface area (Å²) in [6, 6.07) is 23.9. The molecule has 0 saturated carbocycles. The van der Waals surface area contributed by atoms with Crippen molar-refractivity contribution in [1.82, 2.24) is 5.32 Å². The number of para-hydroxylation sites is 2. The Hall–Kier alpha value is -4.04. The molecule has 1 heterocycles. The summed E-state index contributed by atoms with van der Waals surface area (Å²) in [6.45, 7) is 2.13. The van der Waals surface area contributed by atoms with Crippen LogP contribution in [0.3, 0.4) is 0 Å². The van der Waals surface area contributed by atoms with Gasteiger partial charge in [0.2, 0.25) is 0 Å². The van der Waals surface area contributed by atoms with Gasteiger partial charge in [0.1, 0.15) is 0 Å². The number of carbonyl (C=O) groups excluding carboxylic acids is 2. The monoisotopic (exact) mass is 473 g/mol. The molecule has 0 spiro atoms. The summed E-state index contributed by atoms with van der Waals surface area (Å²) < 4.78 is 11.4. The normalized spacial score (nSPS) is 15.3. The lowest BCUT2D eigenvalue weighted by atomic mass is 10.2. The first-order valence-corrected chi connectivity index (χ1v) is 11.5. The molecule has 0 aromatic heterocycles. The number of amidine groups is 1.